The average molecular weight is 327 g/mol. The maximum atomic E-state index is 9.51. The van der Waals surface area contributed by atoms with E-state index in [9.17, 15) is 10.4 Å². The fraction of sp³-hybridized carbons (Fsp3) is 0.286. The molecule has 0 saturated carbocycles. The summed E-state index contributed by atoms with van der Waals surface area (Å²) >= 11 is 13.4. The van der Waals surface area contributed by atoms with Crippen molar-refractivity contribution in [3.8, 4) is 6.07 Å². The smallest absolute Gasteiger partial charge is 0.0794 e. The maximum absolute atomic E-state index is 9.51. The highest BCUT2D eigenvalue weighted by atomic mass is 35.5. The molecular weight excluding hydrogens is 315 g/mol. The lowest BCUT2D eigenvalue weighted by molar-refractivity contribution is 0.273. The number of rotatable bonds is 5. The van der Waals surface area contributed by atoms with Gasteiger partial charge in [0.2, 0.25) is 0 Å². The molecule has 2 aromatic rings. The summed E-state index contributed by atoms with van der Waals surface area (Å²) in [5.41, 5.74) is 2.52. The van der Waals surface area contributed by atoms with Gasteiger partial charge >= 0.3 is 0 Å². The quantitative estimate of drug-likeness (QED) is 0.894. The van der Waals surface area contributed by atoms with Gasteiger partial charge in [-0.25, -0.2) is 0 Å². The Morgan fingerprint density at radius 3 is 2.70 bits per heavy atom. The van der Waals surface area contributed by atoms with Crippen LogP contribution >= 0.6 is 34.5 Å². The van der Waals surface area contributed by atoms with Crippen molar-refractivity contribution in [2.24, 2.45) is 0 Å². The summed E-state index contributed by atoms with van der Waals surface area (Å²) in [7, 11) is 0. The molecule has 104 valence electrons. The van der Waals surface area contributed by atoms with Gasteiger partial charge in [-0.2, -0.15) is 5.26 Å². The van der Waals surface area contributed by atoms with Crippen molar-refractivity contribution >= 4 is 34.5 Å². The predicted octanol–water partition coefficient (Wildman–Crippen LogP) is 4.22. The van der Waals surface area contributed by atoms with Crippen molar-refractivity contribution in [3.05, 3.63) is 50.4 Å². The molecule has 0 aliphatic heterocycles. The van der Waals surface area contributed by atoms with E-state index in [2.05, 4.69) is 11.1 Å². The van der Waals surface area contributed by atoms with E-state index in [1.807, 2.05) is 0 Å². The number of nitriles is 1. The largest absolute Gasteiger partial charge is 0.396 e. The Hall–Kier alpha value is -1.12. The Kier molecular flexibility index (Phi) is 5.38. The fourth-order valence-corrected chi connectivity index (χ4v) is 3.22. The van der Waals surface area contributed by atoms with E-state index < -0.39 is 5.92 Å². The Balaban J connectivity index is 2.38. The van der Waals surface area contributed by atoms with Crippen molar-refractivity contribution in [3.63, 3.8) is 0 Å². The highest BCUT2D eigenvalue weighted by molar-refractivity contribution is 7.09. The number of halogens is 2. The van der Waals surface area contributed by atoms with E-state index in [0.717, 1.165) is 10.4 Å². The van der Waals surface area contributed by atoms with Gasteiger partial charge < -0.3 is 5.11 Å². The first kappa shape index (κ1) is 15.3. The third-order valence-corrected chi connectivity index (χ3v) is 4.75. The molecule has 0 fully saturated rings. The standard InChI is InChI=1S/C14H12Cl2N2OS/c15-12-2-1-9(5-13(12)16)11(6-17)10(3-4-19)14-7-18-8-20-14/h1-2,5,7-8,10-11,19H,3-4H2/t10-,11-/m1/s1. The van der Waals surface area contributed by atoms with Crippen LogP contribution < -0.4 is 0 Å². The summed E-state index contributed by atoms with van der Waals surface area (Å²) < 4.78 is 0. The third kappa shape index (κ3) is 3.31. The van der Waals surface area contributed by atoms with Gasteiger partial charge in [0.25, 0.3) is 0 Å². The molecule has 2 atom stereocenters. The number of aliphatic hydroxyl groups excluding tert-OH is 1. The first-order chi connectivity index (χ1) is 9.67. The van der Waals surface area contributed by atoms with Crippen LogP contribution in [0.5, 0.6) is 0 Å². The van der Waals surface area contributed by atoms with Crippen molar-refractivity contribution < 1.29 is 5.11 Å². The molecule has 1 aromatic heterocycles. The summed E-state index contributed by atoms with van der Waals surface area (Å²) in [5, 5.41) is 19.7. The summed E-state index contributed by atoms with van der Waals surface area (Å²) in [6.07, 6.45) is 2.24. The minimum Gasteiger partial charge on any atom is -0.396 e. The maximum Gasteiger partial charge on any atom is 0.0794 e. The lowest BCUT2D eigenvalue weighted by Gasteiger charge is -2.20. The van der Waals surface area contributed by atoms with Crippen LogP contribution in [0.15, 0.2) is 29.9 Å². The van der Waals surface area contributed by atoms with E-state index >= 15 is 0 Å². The molecule has 0 aliphatic carbocycles. The number of hydrogen-bond donors (Lipinski definition) is 1. The van der Waals surface area contributed by atoms with E-state index in [-0.39, 0.29) is 12.5 Å². The van der Waals surface area contributed by atoms with Crippen LogP contribution in [0.25, 0.3) is 0 Å². The van der Waals surface area contributed by atoms with Gasteiger partial charge in [-0.1, -0.05) is 29.3 Å². The predicted molar refractivity (Wildman–Crippen MR) is 81.4 cm³/mol. The molecule has 0 saturated heterocycles. The minimum absolute atomic E-state index is 0.0159. The van der Waals surface area contributed by atoms with E-state index in [4.69, 9.17) is 23.2 Å². The first-order valence-corrected chi connectivity index (χ1v) is 7.64. The van der Waals surface area contributed by atoms with Gasteiger partial charge in [0.1, 0.15) is 0 Å². The molecule has 0 bridgehead atoms. The van der Waals surface area contributed by atoms with Gasteiger partial charge in [-0.3, -0.25) is 4.98 Å². The average Bonchev–Trinajstić information content (AvgIpc) is 2.96. The molecule has 0 amide bonds. The number of aliphatic hydroxyl groups is 1. The molecule has 1 aromatic carbocycles. The number of aromatic nitrogens is 1. The fourth-order valence-electron chi connectivity index (χ4n) is 2.12. The second kappa shape index (κ2) is 7.05. The number of nitrogens with zero attached hydrogens (tertiary/aromatic N) is 2. The zero-order valence-electron chi connectivity index (χ0n) is 10.5. The van der Waals surface area contributed by atoms with E-state index in [0.29, 0.717) is 16.5 Å². The zero-order chi connectivity index (χ0) is 14.5. The van der Waals surface area contributed by atoms with Crippen molar-refractivity contribution in [2.75, 3.05) is 6.61 Å². The van der Waals surface area contributed by atoms with Crippen LogP contribution in [0.4, 0.5) is 0 Å². The second-order valence-corrected chi connectivity index (χ2v) is 6.04. The normalized spacial score (nSPS) is 13.7. The van der Waals surface area contributed by atoms with Crippen LogP contribution in [0, 0.1) is 11.3 Å². The SMILES string of the molecule is N#C[C@H](c1ccc(Cl)c(Cl)c1)[C@@H](CCO)c1cncs1. The molecule has 1 heterocycles. The minimum atomic E-state index is -0.391. The lowest BCUT2D eigenvalue weighted by atomic mass is 9.84. The van der Waals surface area contributed by atoms with Gasteiger partial charge in [0.05, 0.1) is 27.5 Å². The van der Waals surface area contributed by atoms with Crippen LogP contribution in [0.3, 0.4) is 0 Å². The summed E-state index contributed by atoms with van der Waals surface area (Å²) in [5.74, 6) is -0.493. The highest BCUT2D eigenvalue weighted by Gasteiger charge is 2.26. The molecule has 0 aliphatic rings. The van der Waals surface area contributed by atoms with Crippen LogP contribution in [0.1, 0.15) is 28.7 Å². The van der Waals surface area contributed by atoms with E-state index in [1.165, 1.54) is 11.3 Å². The van der Waals surface area contributed by atoms with Gasteiger partial charge in [0, 0.05) is 23.6 Å². The second-order valence-electron chi connectivity index (χ2n) is 4.30. The van der Waals surface area contributed by atoms with Crippen molar-refractivity contribution in [2.45, 2.75) is 18.3 Å². The van der Waals surface area contributed by atoms with Crippen molar-refractivity contribution in [1.82, 2.24) is 4.98 Å². The molecule has 20 heavy (non-hydrogen) atoms. The lowest BCUT2D eigenvalue weighted by Crippen LogP contribution is -2.10. The number of hydrogen-bond acceptors (Lipinski definition) is 4. The highest BCUT2D eigenvalue weighted by Crippen LogP contribution is 2.38. The van der Waals surface area contributed by atoms with E-state index in [1.54, 1.807) is 29.9 Å². The van der Waals surface area contributed by atoms with Crippen LogP contribution in [-0.4, -0.2) is 16.7 Å². The molecule has 0 spiro atoms. The molecule has 0 radical (unpaired) electrons. The number of thiazole rings is 1. The molecule has 0 unspecified atom stereocenters. The molecule has 3 nitrogen and oxygen atoms in total. The van der Waals surface area contributed by atoms with Crippen molar-refractivity contribution in [1.29, 1.82) is 5.26 Å². The Bertz CT molecular complexity index is 610. The zero-order valence-corrected chi connectivity index (χ0v) is 12.8. The summed E-state index contributed by atoms with van der Waals surface area (Å²) in [4.78, 5) is 5.03. The molecular formula is C14H12Cl2N2OS. The molecule has 6 heteroatoms. The monoisotopic (exact) mass is 326 g/mol. The van der Waals surface area contributed by atoms with Crippen LogP contribution in [0.2, 0.25) is 10.0 Å². The number of benzene rings is 1. The Morgan fingerprint density at radius 1 is 1.35 bits per heavy atom. The molecule has 2 rings (SSSR count). The topological polar surface area (TPSA) is 56.9 Å². The van der Waals surface area contributed by atoms with Crippen LogP contribution in [-0.2, 0) is 0 Å². The Labute approximate surface area is 131 Å². The van der Waals surface area contributed by atoms with Gasteiger partial charge in [-0.15, -0.1) is 11.3 Å². The summed E-state index contributed by atoms with van der Waals surface area (Å²) in [6, 6.07) is 7.50. The first-order valence-electron chi connectivity index (χ1n) is 6.01. The Morgan fingerprint density at radius 2 is 2.15 bits per heavy atom. The third-order valence-electron chi connectivity index (χ3n) is 3.10. The summed E-state index contributed by atoms with van der Waals surface area (Å²) in [6.45, 7) is 0.0159. The van der Waals surface area contributed by atoms with Gasteiger partial charge in [0.15, 0.2) is 0 Å². The van der Waals surface area contributed by atoms with Gasteiger partial charge in [-0.05, 0) is 24.1 Å². The molecule has 1 N–H and O–H groups in total.